The number of aromatic amines is 1. The maximum atomic E-state index is 12.1. The molecule has 0 aliphatic carbocycles. The molecule has 0 saturated heterocycles. The van der Waals surface area contributed by atoms with Gasteiger partial charge in [0.1, 0.15) is 0 Å². The van der Waals surface area contributed by atoms with Crippen LogP contribution in [0.3, 0.4) is 0 Å². The third-order valence-electron chi connectivity index (χ3n) is 2.78. The van der Waals surface area contributed by atoms with Gasteiger partial charge in [-0.15, -0.1) is 0 Å². The van der Waals surface area contributed by atoms with Crippen molar-refractivity contribution in [3.8, 4) is 0 Å². The highest BCUT2D eigenvalue weighted by molar-refractivity contribution is 7.92. The van der Waals surface area contributed by atoms with Crippen LogP contribution in [0.15, 0.2) is 40.2 Å². The summed E-state index contributed by atoms with van der Waals surface area (Å²) in [7, 11) is -3.88. The average Bonchev–Trinajstić information content (AvgIpc) is 2.41. The fraction of sp³-hybridized carbons (Fsp3) is 0.154. The molecule has 2 rings (SSSR count). The highest BCUT2D eigenvalue weighted by atomic mass is 32.2. The van der Waals surface area contributed by atoms with E-state index >= 15 is 0 Å². The van der Waals surface area contributed by atoms with E-state index in [-0.39, 0.29) is 16.4 Å². The van der Waals surface area contributed by atoms with Crippen LogP contribution in [-0.4, -0.2) is 29.5 Å². The molecular weight excluding hydrogens is 310 g/mol. The third-order valence-corrected chi connectivity index (χ3v) is 4.13. The number of rotatable bonds is 5. The van der Waals surface area contributed by atoms with Gasteiger partial charge in [0.15, 0.2) is 0 Å². The lowest BCUT2D eigenvalue weighted by atomic mass is 10.2. The minimum absolute atomic E-state index is 0.0235. The maximum Gasteiger partial charge on any atom is 0.308 e. The van der Waals surface area contributed by atoms with Crippen molar-refractivity contribution in [1.29, 1.82) is 0 Å². The molecule has 0 unspecified atom stereocenters. The monoisotopic (exact) mass is 323 g/mol. The van der Waals surface area contributed by atoms with Gasteiger partial charge in [-0.25, -0.2) is 18.1 Å². The second-order valence-corrected chi connectivity index (χ2v) is 6.26. The molecule has 116 valence electrons. The van der Waals surface area contributed by atoms with E-state index in [2.05, 4.69) is 14.7 Å². The molecule has 0 bridgehead atoms. The van der Waals surface area contributed by atoms with Gasteiger partial charge in [0, 0.05) is 11.8 Å². The summed E-state index contributed by atoms with van der Waals surface area (Å²) in [5, 5.41) is 8.63. The first-order chi connectivity index (χ1) is 10.3. The van der Waals surface area contributed by atoms with Crippen molar-refractivity contribution < 1.29 is 18.3 Å². The molecular formula is C13H13N3O5S. The van der Waals surface area contributed by atoms with Crippen molar-refractivity contribution in [1.82, 2.24) is 9.97 Å². The Balaban J connectivity index is 2.26. The molecule has 0 radical (unpaired) electrons. The quantitative estimate of drug-likeness (QED) is 0.735. The number of sulfonamides is 1. The van der Waals surface area contributed by atoms with Crippen LogP contribution in [-0.2, 0) is 21.2 Å². The summed E-state index contributed by atoms with van der Waals surface area (Å²) in [6, 6.07) is 6.13. The molecule has 0 saturated carbocycles. The summed E-state index contributed by atoms with van der Waals surface area (Å²) in [5.41, 5.74) is 0.133. The number of benzene rings is 1. The van der Waals surface area contributed by atoms with Crippen LogP contribution < -0.4 is 10.3 Å². The number of nitrogens with one attached hydrogen (secondary N) is 2. The summed E-state index contributed by atoms with van der Waals surface area (Å²) in [6.45, 7) is 1.82. The molecule has 1 heterocycles. The number of hydrogen-bond acceptors (Lipinski definition) is 5. The van der Waals surface area contributed by atoms with Crippen molar-refractivity contribution in [2.75, 3.05) is 4.72 Å². The Kier molecular flexibility index (Phi) is 4.27. The summed E-state index contributed by atoms with van der Waals surface area (Å²) in [4.78, 5) is 28.1. The van der Waals surface area contributed by atoms with Crippen LogP contribution in [0.25, 0.3) is 0 Å². The molecule has 0 atom stereocenters. The molecule has 0 amide bonds. The van der Waals surface area contributed by atoms with E-state index in [0.29, 0.717) is 0 Å². The Hall–Kier alpha value is -2.68. The van der Waals surface area contributed by atoms with E-state index in [1.54, 1.807) is 12.1 Å². The molecule has 0 aliphatic rings. The lowest BCUT2D eigenvalue weighted by Crippen LogP contribution is -2.22. The summed E-state index contributed by atoms with van der Waals surface area (Å²) < 4.78 is 26.4. The fourth-order valence-corrected chi connectivity index (χ4v) is 2.64. The smallest absolute Gasteiger partial charge is 0.308 e. The summed E-state index contributed by atoms with van der Waals surface area (Å²) in [6.07, 6.45) is 0.535. The van der Waals surface area contributed by atoms with Crippen LogP contribution >= 0.6 is 0 Å². The first kappa shape index (κ1) is 15.7. The van der Waals surface area contributed by atoms with Crippen molar-refractivity contribution in [3.05, 3.63) is 51.9 Å². The van der Waals surface area contributed by atoms with E-state index in [4.69, 9.17) is 5.11 Å². The Morgan fingerprint density at radius 2 is 1.95 bits per heavy atom. The van der Waals surface area contributed by atoms with Crippen LogP contribution in [0, 0.1) is 6.92 Å². The number of aromatic nitrogens is 2. The van der Waals surface area contributed by atoms with Crippen molar-refractivity contribution in [2.24, 2.45) is 0 Å². The van der Waals surface area contributed by atoms with Crippen LogP contribution in [0.2, 0.25) is 0 Å². The Labute approximate surface area is 125 Å². The fourth-order valence-electron chi connectivity index (χ4n) is 1.67. The normalized spacial score (nSPS) is 11.1. The van der Waals surface area contributed by atoms with Gasteiger partial charge in [0.25, 0.3) is 15.6 Å². The van der Waals surface area contributed by atoms with E-state index in [1.165, 1.54) is 12.1 Å². The van der Waals surface area contributed by atoms with Gasteiger partial charge in [-0.3, -0.25) is 14.6 Å². The number of hydrogen-bond donors (Lipinski definition) is 3. The van der Waals surface area contributed by atoms with Crippen molar-refractivity contribution in [3.63, 3.8) is 0 Å². The molecule has 1 aromatic heterocycles. The number of aryl methyl sites for hydroxylation is 1. The lowest BCUT2D eigenvalue weighted by Gasteiger charge is -2.07. The van der Waals surface area contributed by atoms with Crippen LogP contribution in [0.5, 0.6) is 0 Å². The minimum atomic E-state index is -3.88. The standard InChI is InChI=1S/C13H13N3O5S/c1-8-2-4-10(5-3-8)22(20,21)16-13-14-7-9(6-11(17)18)12(19)15-13/h2-5,7H,6H2,1H3,(H,17,18)(H2,14,15,16,19). The number of aliphatic carboxylic acids is 1. The number of carboxylic acid groups (broad SMARTS) is 1. The second kappa shape index (κ2) is 5.98. The largest absolute Gasteiger partial charge is 0.481 e. The Bertz CT molecular complexity index is 856. The van der Waals surface area contributed by atoms with Gasteiger partial charge in [0.2, 0.25) is 5.95 Å². The van der Waals surface area contributed by atoms with E-state index in [1.807, 2.05) is 6.92 Å². The van der Waals surface area contributed by atoms with Gasteiger partial charge in [-0.1, -0.05) is 17.7 Å². The molecule has 3 N–H and O–H groups in total. The van der Waals surface area contributed by atoms with Crippen LogP contribution in [0.4, 0.5) is 5.95 Å². The lowest BCUT2D eigenvalue weighted by molar-refractivity contribution is -0.136. The molecule has 0 fully saturated rings. The van der Waals surface area contributed by atoms with Crippen LogP contribution in [0.1, 0.15) is 11.1 Å². The predicted octanol–water partition coefficient (Wildman–Crippen LogP) is 0.506. The zero-order valence-corrected chi connectivity index (χ0v) is 12.3. The Morgan fingerprint density at radius 1 is 1.32 bits per heavy atom. The van der Waals surface area contributed by atoms with E-state index in [0.717, 1.165) is 11.8 Å². The van der Waals surface area contributed by atoms with Gasteiger partial charge in [-0.2, -0.15) is 0 Å². The number of carbonyl (C=O) groups is 1. The maximum absolute atomic E-state index is 12.1. The number of anilines is 1. The van der Waals surface area contributed by atoms with Gasteiger partial charge >= 0.3 is 5.97 Å². The third kappa shape index (κ3) is 3.70. The molecule has 22 heavy (non-hydrogen) atoms. The Morgan fingerprint density at radius 3 is 2.50 bits per heavy atom. The van der Waals surface area contributed by atoms with Gasteiger partial charge in [0.05, 0.1) is 11.3 Å². The minimum Gasteiger partial charge on any atom is -0.481 e. The summed E-state index contributed by atoms with van der Waals surface area (Å²) >= 11 is 0. The zero-order valence-electron chi connectivity index (χ0n) is 11.5. The first-order valence-electron chi connectivity index (χ1n) is 6.17. The van der Waals surface area contributed by atoms with E-state index in [9.17, 15) is 18.0 Å². The van der Waals surface area contributed by atoms with Gasteiger partial charge in [-0.05, 0) is 19.1 Å². The zero-order chi connectivity index (χ0) is 16.3. The highest BCUT2D eigenvalue weighted by Gasteiger charge is 2.16. The average molecular weight is 323 g/mol. The number of carboxylic acids is 1. The molecule has 8 nitrogen and oxygen atoms in total. The molecule has 0 aliphatic heterocycles. The summed E-state index contributed by atoms with van der Waals surface area (Å²) in [5.74, 6) is -1.46. The molecule has 9 heteroatoms. The number of nitrogens with zero attached hydrogens (tertiary/aromatic N) is 1. The van der Waals surface area contributed by atoms with Crippen molar-refractivity contribution >= 4 is 21.9 Å². The second-order valence-electron chi connectivity index (χ2n) is 4.58. The van der Waals surface area contributed by atoms with Crippen molar-refractivity contribution in [2.45, 2.75) is 18.2 Å². The SMILES string of the molecule is Cc1ccc(S(=O)(=O)Nc2ncc(CC(=O)O)c(=O)[nH]2)cc1. The highest BCUT2D eigenvalue weighted by Crippen LogP contribution is 2.13. The topological polar surface area (TPSA) is 129 Å². The van der Waals surface area contributed by atoms with Gasteiger partial charge < -0.3 is 5.11 Å². The molecule has 2 aromatic rings. The van der Waals surface area contributed by atoms with E-state index < -0.39 is 28.0 Å². The predicted molar refractivity (Wildman–Crippen MR) is 78.2 cm³/mol. The number of H-pyrrole nitrogens is 1. The first-order valence-corrected chi connectivity index (χ1v) is 7.66. The molecule has 0 spiro atoms. The molecule has 1 aromatic carbocycles.